The molecule has 0 spiro atoms. The number of fused-ring (bicyclic) bond motifs is 1. The zero-order chi connectivity index (χ0) is 21.8. The SMILES string of the molecule is Clc1cc(Nc2ncnc3cc(C#C[C@@H]4CCCN4)sc23)ccc1CSc1ccccc1. The Hall–Kier alpha value is -2.56. The van der Waals surface area contributed by atoms with E-state index in [1.165, 1.54) is 11.3 Å². The molecule has 160 valence electrons. The van der Waals surface area contributed by atoms with E-state index in [1.807, 2.05) is 36.4 Å². The molecule has 4 aromatic rings. The van der Waals surface area contributed by atoms with Gasteiger partial charge in [-0.3, -0.25) is 0 Å². The predicted molar refractivity (Wildman–Crippen MR) is 136 cm³/mol. The van der Waals surface area contributed by atoms with Gasteiger partial charge in [-0.05, 0) is 55.3 Å². The number of hydrogen-bond donors (Lipinski definition) is 2. The predicted octanol–water partition coefficient (Wildman–Crippen LogP) is 6.48. The summed E-state index contributed by atoms with van der Waals surface area (Å²) in [5.74, 6) is 8.22. The summed E-state index contributed by atoms with van der Waals surface area (Å²) >= 11 is 9.97. The van der Waals surface area contributed by atoms with Crippen molar-refractivity contribution in [3.63, 3.8) is 0 Å². The smallest absolute Gasteiger partial charge is 0.151 e. The Morgan fingerprint density at radius 3 is 2.88 bits per heavy atom. The lowest BCUT2D eigenvalue weighted by molar-refractivity contribution is 0.749. The van der Waals surface area contributed by atoms with Crippen LogP contribution < -0.4 is 10.6 Å². The number of benzene rings is 2. The molecule has 0 amide bonds. The van der Waals surface area contributed by atoms with Gasteiger partial charge in [0, 0.05) is 21.4 Å². The third-order valence-corrected chi connectivity index (χ3v) is 7.65. The molecule has 0 unspecified atom stereocenters. The number of rotatable bonds is 5. The van der Waals surface area contributed by atoms with Gasteiger partial charge in [0.05, 0.1) is 21.1 Å². The number of anilines is 2. The van der Waals surface area contributed by atoms with Gasteiger partial charge in [0.15, 0.2) is 5.82 Å². The quantitative estimate of drug-likeness (QED) is 0.255. The van der Waals surface area contributed by atoms with Crippen LogP contribution in [-0.4, -0.2) is 22.6 Å². The first-order chi connectivity index (χ1) is 15.7. The zero-order valence-corrected chi connectivity index (χ0v) is 19.7. The van der Waals surface area contributed by atoms with Gasteiger partial charge in [-0.1, -0.05) is 47.7 Å². The van der Waals surface area contributed by atoms with Crippen LogP contribution in [0.3, 0.4) is 0 Å². The monoisotopic (exact) mass is 476 g/mol. The Balaban J connectivity index is 1.32. The van der Waals surface area contributed by atoms with E-state index in [-0.39, 0.29) is 0 Å². The van der Waals surface area contributed by atoms with Crippen molar-refractivity contribution in [1.29, 1.82) is 0 Å². The van der Waals surface area contributed by atoms with E-state index in [0.717, 1.165) is 55.9 Å². The van der Waals surface area contributed by atoms with Gasteiger partial charge in [-0.25, -0.2) is 9.97 Å². The molecule has 0 radical (unpaired) electrons. The van der Waals surface area contributed by atoms with Crippen molar-refractivity contribution in [3.8, 4) is 11.8 Å². The van der Waals surface area contributed by atoms with E-state index in [0.29, 0.717) is 6.04 Å². The number of nitrogens with zero attached hydrogens (tertiary/aromatic N) is 2. The molecular formula is C25H21ClN4S2. The summed E-state index contributed by atoms with van der Waals surface area (Å²) < 4.78 is 0.996. The Kier molecular flexibility index (Phi) is 6.61. The van der Waals surface area contributed by atoms with E-state index in [1.54, 1.807) is 29.4 Å². The molecular weight excluding hydrogens is 456 g/mol. The highest BCUT2D eigenvalue weighted by molar-refractivity contribution is 7.98. The first kappa shape index (κ1) is 21.3. The normalized spacial score (nSPS) is 15.5. The molecule has 1 aliphatic heterocycles. The maximum absolute atomic E-state index is 6.58. The molecule has 0 bridgehead atoms. The van der Waals surface area contributed by atoms with Gasteiger partial charge in [0.2, 0.25) is 0 Å². The standard InChI is InChI=1S/C25H21ClN4S2/c26-22-13-19(9-8-17(22)15-31-20-6-2-1-3-7-20)30-25-24-23(28-16-29-25)14-21(32-24)11-10-18-5-4-12-27-18/h1-3,6-9,13-14,16,18,27H,4-5,12,15H2,(H,28,29,30)/t18-/m0/s1. The van der Waals surface area contributed by atoms with Crippen LogP contribution in [0.25, 0.3) is 10.2 Å². The summed E-state index contributed by atoms with van der Waals surface area (Å²) in [7, 11) is 0. The lowest BCUT2D eigenvalue weighted by Gasteiger charge is -2.09. The minimum Gasteiger partial charge on any atom is -0.339 e. The molecule has 2 N–H and O–H groups in total. The van der Waals surface area contributed by atoms with Crippen LogP contribution >= 0.6 is 34.7 Å². The van der Waals surface area contributed by atoms with Crippen LogP contribution in [0.1, 0.15) is 23.3 Å². The molecule has 5 rings (SSSR count). The molecule has 3 heterocycles. The van der Waals surface area contributed by atoms with Crippen molar-refractivity contribution >= 4 is 56.4 Å². The average molecular weight is 477 g/mol. The molecule has 0 saturated carbocycles. The van der Waals surface area contributed by atoms with Crippen LogP contribution in [0.2, 0.25) is 5.02 Å². The van der Waals surface area contributed by atoms with Crippen molar-refractivity contribution in [2.24, 2.45) is 0 Å². The summed E-state index contributed by atoms with van der Waals surface area (Å²) in [6.45, 7) is 1.05. The summed E-state index contributed by atoms with van der Waals surface area (Å²) in [6, 6.07) is 18.7. The van der Waals surface area contributed by atoms with Gasteiger partial charge in [-0.15, -0.1) is 23.1 Å². The molecule has 7 heteroatoms. The first-order valence-electron chi connectivity index (χ1n) is 10.5. The number of aromatic nitrogens is 2. The van der Waals surface area contributed by atoms with Crippen molar-refractivity contribution in [1.82, 2.24) is 15.3 Å². The lowest BCUT2D eigenvalue weighted by Crippen LogP contribution is -2.18. The summed E-state index contributed by atoms with van der Waals surface area (Å²) in [5.41, 5.74) is 2.91. The Labute approximate surface area is 200 Å². The minimum absolute atomic E-state index is 0.296. The number of thioether (sulfide) groups is 1. The molecule has 1 aliphatic rings. The number of hydrogen-bond acceptors (Lipinski definition) is 6. The fourth-order valence-corrected chi connectivity index (χ4v) is 5.69. The Bertz CT molecular complexity index is 1290. The topological polar surface area (TPSA) is 49.8 Å². The molecule has 2 aromatic heterocycles. The average Bonchev–Trinajstić information content (AvgIpc) is 3.48. The van der Waals surface area contributed by atoms with Crippen molar-refractivity contribution in [2.45, 2.75) is 29.5 Å². The molecule has 2 aromatic carbocycles. The van der Waals surface area contributed by atoms with E-state index in [9.17, 15) is 0 Å². The third kappa shape index (κ3) is 5.08. The van der Waals surface area contributed by atoms with E-state index < -0.39 is 0 Å². The Morgan fingerprint density at radius 2 is 2.06 bits per heavy atom. The van der Waals surface area contributed by atoms with Gasteiger partial charge in [0.25, 0.3) is 0 Å². The highest BCUT2D eigenvalue weighted by Gasteiger charge is 2.12. The largest absolute Gasteiger partial charge is 0.339 e. The van der Waals surface area contributed by atoms with Crippen LogP contribution in [0.4, 0.5) is 11.5 Å². The molecule has 1 atom stereocenters. The maximum Gasteiger partial charge on any atom is 0.151 e. The van der Waals surface area contributed by atoms with Crippen molar-refractivity contribution < 1.29 is 0 Å². The van der Waals surface area contributed by atoms with Crippen LogP contribution in [0, 0.1) is 11.8 Å². The maximum atomic E-state index is 6.58. The highest BCUT2D eigenvalue weighted by Crippen LogP contribution is 2.33. The second-order valence-electron chi connectivity index (χ2n) is 7.50. The fraction of sp³-hybridized carbons (Fsp3) is 0.200. The minimum atomic E-state index is 0.296. The summed E-state index contributed by atoms with van der Waals surface area (Å²) in [6.07, 6.45) is 3.89. The van der Waals surface area contributed by atoms with E-state index in [2.05, 4.69) is 50.6 Å². The number of halogens is 1. The zero-order valence-electron chi connectivity index (χ0n) is 17.3. The lowest BCUT2D eigenvalue weighted by atomic mass is 10.2. The van der Waals surface area contributed by atoms with E-state index in [4.69, 9.17) is 11.6 Å². The molecule has 0 aliphatic carbocycles. The van der Waals surface area contributed by atoms with Crippen LogP contribution in [0.15, 0.2) is 65.8 Å². The molecule has 32 heavy (non-hydrogen) atoms. The summed E-state index contributed by atoms with van der Waals surface area (Å²) in [4.78, 5) is 11.1. The molecule has 4 nitrogen and oxygen atoms in total. The Morgan fingerprint density at radius 1 is 1.16 bits per heavy atom. The second kappa shape index (κ2) is 9.93. The second-order valence-corrected chi connectivity index (χ2v) is 10.0. The van der Waals surface area contributed by atoms with Crippen molar-refractivity contribution in [2.75, 3.05) is 11.9 Å². The molecule has 1 saturated heterocycles. The number of nitrogens with one attached hydrogen (secondary N) is 2. The first-order valence-corrected chi connectivity index (χ1v) is 12.7. The molecule has 1 fully saturated rings. The van der Waals surface area contributed by atoms with Gasteiger partial charge in [0.1, 0.15) is 6.33 Å². The van der Waals surface area contributed by atoms with Crippen LogP contribution in [-0.2, 0) is 5.75 Å². The third-order valence-electron chi connectivity index (χ3n) is 5.19. The van der Waals surface area contributed by atoms with E-state index >= 15 is 0 Å². The summed E-state index contributed by atoms with van der Waals surface area (Å²) in [5, 5.41) is 7.56. The highest BCUT2D eigenvalue weighted by atomic mass is 35.5. The van der Waals surface area contributed by atoms with Gasteiger partial charge < -0.3 is 10.6 Å². The fourth-order valence-electron chi connectivity index (χ4n) is 3.53. The van der Waals surface area contributed by atoms with Crippen LogP contribution in [0.5, 0.6) is 0 Å². The van der Waals surface area contributed by atoms with Crippen molar-refractivity contribution in [3.05, 3.63) is 76.4 Å². The number of thiophene rings is 1. The van der Waals surface area contributed by atoms with Gasteiger partial charge >= 0.3 is 0 Å². The van der Waals surface area contributed by atoms with Gasteiger partial charge in [-0.2, -0.15) is 0 Å².